The monoisotopic (exact) mass is 402 g/mol. The van der Waals surface area contributed by atoms with Gasteiger partial charge in [-0.15, -0.1) is 0 Å². The molecule has 2 aliphatic carbocycles. The van der Waals surface area contributed by atoms with Crippen molar-refractivity contribution in [3.05, 3.63) is 0 Å². The van der Waals surface area contributed by atoms with E-state index in [0.717, 1.165) is 5.92 Å². The van der Waals surface area contributed by atoms with Gasteiger partial charge in [-0.1, -0.05) is 0 Å². The molecule has 1 saturated heterocycles. The van der Waals surface area contributed by atoms with Gasteiger partial charge >= 0.3 is 127 Å². The van der Waals surface area contributed by atoms with Crippen LogP contribution in [0.25, 0.3) is 0 Å². The van der Waals surface area contributed by atoms with Crippen molar-refractivity contribution >= 4 is 26.4 Å². The van der Waals surface area contributed by atoms with E-state index in [1.165, 1.54) is 53.9 Å². The summed E-state index contributed by atoms with van der Waals surface area (Å²) in [6.45, 7) is 7.27. The Morgan fingerprint density at radius 1 is 1.26 bits per heavy atom. The molecular formula is C16H29ClOTe. The number of rotatable bonds is 5. The quantitative estimate of drug-likeness (QED) is 0.439. The number of unbranched alkanes of at least 4 members (excludes halogenated alkanes) is 3. The Labute approximate surface area is 126 Å². The van der Waals surface area contributed by atoms with Crippen LogP contribution in [0.3, 0.4) is 0 Å². The van der Waals surface area contributed by atoms with Crippen molar-refractivity contribution < 1.29 is 3.10 Å². The van der Waals surface area contributed by atoms with E-state index in [9.17, 15) is 0 Å². The average molecular weight is 400 g/mol. The second kappa shape index (κ2) is 5.05. The molecule has 4 atom stereocenters. The molecule has 0 aromatic carbocycles. The molecule has 3 aliphatic rings. The van der Waals surface area contributed by atoms with Crippen LogP contribution in [0.5, 0.6) is 0 Å². The summed E-state index contributed by atoms with van der Waals surface area (Å²) in [6.07, 6.45) is 9.99. The maximum atomic E-state index is 7.03. The van der Waals surface area contributed by atoms with Gasteiger partial charge in [0, 0.05) is 0 Å². The van der Waals surface area contributed by atoms with Crippen molar-refractivity contribution in [2.45, 2.75) is 80.8 Å². The summed E-state index contributed by atoms with van der Waals surface area (Å²) in [6, 6.07) is 0. The number of hydrogen-bond donors (Lipinski definition) is 0. The minimum absolute atomic E-state index is 0.477. The van der Waals surface area contributed by atoms with Crippen LogP contribution in [0.2, 0.25) is 8.94 Å². The van der Waals surface area contributed by atoms with E-state index in [-0.39, 0.29) is 0 Å². The van der Waals surface area contributed by atoms with Crippen LogP contribution in [0.4, 0.5) is 0 Å². The summed E-state index contributed by atoms with van der Waals surface area (Å²) in [5, 5.41) is 0. The molecule has 1 aliphatic heterocycles. The number of halogens is 1. The molecule has 1 heterocycles. The van der Waals surface area contributed by atoms with Crippen LogP contribution < -0.4 is 0 Å². The fourth-order valence-electron chi connectivity index (χ4n) is 4.97. The molecule has 0 N–H and O–H groups in total. The Bertz CT molecular complexity index is 359. The zero-order chi connectivity index (χ0) is 13.7. The van der Waals surface area contributed by atoms with Gasteiger partial charge in [0.05, 0.1) is 0 Å². The standard InChI is InChI=1S/C16H29ClOTe/c1-4-5-6-7-10-19(17)12-16-9-8-13(15(16,2)3)11-14(16)18-19/h13-14H,4-12H2,1-3H3/t13-,14-,16-/m1/s1. The van der Waals surface area contributed by atoms with E-state index in [4.69, 9.17) is 12.1 Å². The molecule has 3 heteroatoms. The van der Waals surface area contributed by atoms with Gasteiger partial charge in [-0.3, -0.25) is 0 Å². The van der Waals surface area contributed by atoms with Crippen molar-refractivity contribution in [1.29, 1.82) is 0 Å². The van der Waals surface area contributed by atoms with Gasteiger partial charge in [-0.05, 0) is 0 Å². The first-order valence-corrected chi connectivity index (χ1v) is 15.3. The van der Waals surface area contributed by atoms with E-state index in [1.807, 2.05) is 0 Å². The predicted molar refractivity (Wildman–Crippen MR) is 83.8 cm³/mol. The predicted octanol–water partition coefficient (Wildman–Crippen LogP) is 5.47. The molecule has 0 unspecified atom stereocenters. The molecule has 1 spiro atoms. The number of hydrogen-bond acceptors (Lipinski definition) is 1. The fraction of sp³-hybridized carbons (Fsp3) is 1.00. The Balaban J connectivity index is 1.67. The Kier molecular flexibility index (Phi) is 3.97. The number of fused-ring (bicyclic) bond motifs is 1. The zero-order valence-corrected chi connectivity index (χ0v) is 15.8. The molecule has 0 aromatic heterocycles. The molecule has 0 radical (unpaired) electrons. The first-order valence-electron chi connectivity index (χ1n) is 8.10. The van der Waals surface area contributed by atoms with Crippen LogP contribution in [0.15, 0.2) is 0 Å². The molecule has 19 heavy (non-hydrogen) atoms. The molecular weight excluding hydrogens is 371 g/mol. The third kappa shape index (κ3) is 2.21. The van der Waals surface area contributed by atoms with Crippen molar-refractivity contribution in [2.75, 3.05) is 0 Å². The van der Waals surface area contributed by atoms with Crippen LogP contribution in [-0.4, -0.2) is 23.6 Å². The van der Waals surface area contributed by atoms with Crippen molar-refractivity contribution in [1.82, 2.24) is 0 Å². The van der Waals surface area contributed by atoms with Crippen molar-refractivity contribution in [3.63, 3.8) is 0 Å². The molecule has 2 bridgehead atoms. The van der Waals surface area contributed by atoms with Crippen LogP contribution in [0, 0.1) is 16.7 Å². The Morgan fingerprint density at radius 3 is 2.68 bits per heavy atom. The molecule has 112 valence electrons. The second-order valence-electron chi connectivity index (χ2n) is 7.56. The normalized spacial score (nSPS) is 46.7. The van der Waals surface area contributed by atoms with Gasteiger partial charge < -0.3 is 0 Å². The fourth-order valence-corrected chi connectivity index (χ4v) is 16.4. The molecule has 2 saturated carbocycles. The minimum atomic E-state index is -2.49. The topological polar surface area (TPSA) is 9.23 Å². The molecule has 3 fully saturated rings. The first-order chi connectivity index (χ1) is 8.94. The summed E-state index contributed by atoms with van der Waals surface area (Å²) < 4.78 is 9.10. The zero-order valence-electron chi connectivity index (χ0n) is 12.7. The summed E-state index contributed by atoms with van der Waals surface area (Å²) >= 11 is -2.49. The summed E-state index contributed by atoms with van der Waals surface area (Å²) in [5.74, 6) is 0.904. The van der Waals surface area contributed by atoms with Crippen LogP contribution in [-0.2, 0) is 3.10 Å². The molecule has 1 nitrogen and oxygen atoms in total. The SMILES string of the molecule is CCCCCC[Te@@]1(Cl)C[C@]23CC[C@H](C[C@H]2O1)C3(C)C. The van der Waals surface area contributed by atoms with E-state index in [2.05, 4.69) is 20.8 Å². The molecule has 0 amide bonds. The molecule has 0 aromatic rings. The van der Waals surface area contributed by atoms with E-state index in [1.54, 1.807) is 0 Å². The molecule has 3 rings (SSSR count). The van der Waals surface area contributed by atoms with Gasteiger partial charge in [-0.2, -0.15) is 0 Å². The van der Waals surface area contributed by atoms with Crippen LogP contribution >= 0.6 is 8.96 Å². The van der Waals surface area contributed by atoms with Gasteiger partial charge in [-0.25, -0.2) is 0 Å². The van der Waals surface area contributed by atoms with Gasteiger partial charge in [0.1, 0.15) is 0 Å². The summed E-state index contributed by atoms with van der Waals surface area (Å²) in [5.41, 5.74) is 0.967. The van der Waals surface area contributed by atoms with Gasteiger partial charge in [0.25, 0.3) is 0 Å². The van der Waals surface area contributed by atoms with Crippen LogP contribution in [0.1, 0.15) is 65.7 Å². The third-order valence-corrected chi connectivity index (χ3v) is 15.6. The van der Waals surface area contributed by atoms with Crippen molar-refractivity contribution in [2.24, 2.45) is 16.7 Å². The van der Waals surface area contributed by atoms with Crippen molar-refractivity contribution in [3.8, 4) is 0 Å². The van der Waals surface area contributed by atoms with Gasteiger partial charge in [0.15, 0.2) is 0 Å². The summed E-state index contributed by atoms with van der Waals surface area (Å²) in [7, 11) is 7.03. The van der Waals surface area contributed by atoms with E-state index in [0.29, 0.717) is 16.9 Å². The maximum absolute atomic E-state index is 7.03. The van der Waals surface area contributed by atoms with E-state index < -0.39 is 17.5 Å². The second-order valence-corrected chi connectivity index (χ2v) is 18.0. The summed E-state index contributed by atoms with van der Waals surface area (Å²) in [4.78, 5) is 0. The Morgan fingerprint density at radius 2 is 2.05 bits per heavy atom. The first kappa shape index (κ1) is 15.0. The van der Waals surface area contributed by atoms with E-state index >= 15 is 0 Å². The Hall–Kier alpha value is 1.04. The average Bonchev–Trinajstić information content (AvgIpc) is 2.85. The third-order valence-electron chi connectivity index (χ3n) is 6.42. The van der Waals surface area contributed by atoms with Gasteiger partial charge in [0.2, 0.25) is 0 Å².